The number of nitrogens with zero attached hydrogens (tertiary/aromatic N) is 1. The van der Waals surface area contributed by atoms with Crippen molar-refractivity contribution in [1.82, 2.24) is 10.3 Å². The molecule has 0 saturated heterocycles. The molecule has 1 aromatic heterocycles. The summed E-state index contributed by atoms with van der Waals surface area (Å²) in [7, 11) is 0. The van der Waals surface area contributed by atoms with Crippen molar-refractivity contribution in [2.24, 2.45) is 0 Å². The van der Waals surface area contributed by atoms with Gasteiger partial charge < -0.3 is 5.32 Å². The third-order valence-electron chi connectivity index (χ3n) is 2.54. The predicted molar refractivity (Wildman–Crippen MR) is 72.9 cm³/mol. The third kappa shape index (κ3) is 4.44. The number of rotatable bonds is 7. The van der Waals surface area contributed by atoms with Crippen LogP contribution in [-0.2, 0) is 0 Å². The number of thioether (sulfide) groups is 1. The number of halogens is 1. The molecule has 0 aromatic carbocycles. The van der Waals surface area contributed by atoms with Crippen LogP contribution in [0.5, 0.6) is 0 Å². The highest BCUT2D eigenvalue weighted by atomic mass is 79.9. The van der Waals surface area contributed by atoms with Crippen molar-refractivity contribution in [1.29, 1.82) is 0 Å². The monoisotopic (exact) mass is 300 g/mol. The van der Waals surface area contributed by atoms with Gasteiger partial charge in [0, 0.05) is 16.7 Å². The second kappa shape index (κ2) is 6.62. The van der Waals surface area contributed by atoms with Crippen LogP contribution in [0.3, 0.4) is 0 Å². The van der Waals surface area contributed by atoms with E-state index in [-0.39, 0.29) is 0 Å². The average molecular weight is 301 g/mol. The van der Waals surface area contributed by atoms with Gasteiger partial charge in [0.05, 0.1) is 0 Å². The largest absolute Gasteiger partial charge is 0.314 e. The molecule has 16 heavy (non-hydrogen) atoms. The molecule has 1 saturated carbocycles. The highest BCUT2D eigenvalue weighted by Gasteiger charge is 2.19. The quantitative estimate of drug-likeness (QED) is 0.616. The summed E-state index contributed by atoms with van der Waals surface area (Å²) in [4.78, 5) is 4.33. The highest BCUT2D eigenvalue weighted by molar-refractivity contribution is 9.10. The van der Waals surface area contributed by atoms with E-state index in [0.29, 0.717) is 0 Å². The molecular weight excluding hydrogens is 284 g/mol. The van der Waals surface area contributed by atoms with E-state index in [9.17, 15) is 0 Å². The molecule has 0 aliphatic heterocycles. The summed E-state index contributed by atoms with van der Waals surface area (Å²) in [6, 6.07) is 4.84. The predicted octanol–water partition coefficient (Wildman–Crippen LogP) is 3.47. The number of aromatic nitrogens is 1. The lowest BCUT2D eigenvalue weighted by Crippen LogP contribution is -2.17. The zero-order valence-electron chi connectivity index (χ0n) is 9.29. The van der Waals surface area contributed by atoms with E-state index in [1.54, 1.807) is 0 Å². The van der Waals surface area contributed by atoms with Crippen LogP contribution in [-0.4, -0.2) is 23.3 Å². The lowest BCUT2D eigenvalue weighted by atomic mass is 10.3. The molecule has 1 heterocycles. The number of hydrogen-bond acceptors (Lipinski definition) is 3. The Morgan fingerprint density at radius 1 is 1.44 bits per heavy atom. The molecule has 1 aliphatic rings. The molecule has 0 atom stereocenters. The van der Waals surface area contributed by atoms with E-state index in [4.69, 9.17) is 0 Å². The molecule has 4 heteroatoms. The van der Waals surface area contributed by atoms with Crippen LogP contribution < -0.4 is 5.32 Å². The molecule has 0 spiro atoms. The lowest BCUT2D eigenvalue weighted by Gasteiger charge is -2.03. The zero-order chi connectivity index (χ0) is 11.2. The molecular formula is C12H17BrN2S. The second-order valence-electron chi connectivity index (χ2n) is 4.07. The summed E-state index contributed by atoms with van der Waals surface area (Å²) in [6.07, 6.45) is 7.15. The maximum atomic E-state index is 4.33. The number of nitrogens with one attached hydrogen (secondary N) is 1. The van der Waals surface area contributed by atoms with Crippen LogP contribution in [0.25, 0.3) is 0 Å². The van der Waals surface area contributed by atoms with Gasteiger partial charge in [-0.05, 0) is 66.0 Å². The molecule has 2 rings (SSSR count). The van der Waals surface area contributed by atoms with Gasteiger partial charge in [0.15, 0.2) is 0 Å². The first-order valence-corrected chi connectivity index (χ1v) is 7.61. The van der Waals surface area contributed by atoms with Crippen LogP contribution in [0.2, 0.25) is 0 Å². The summed E-state index contributed by atoms with van der Waals surface area (Å²) >= 11 is 5.35. The van der Waals surface area contributed by atoms with Crippen molar-refractivity contribution in [3.8, 4) is 0 Å². The van der Waals surface area contributed by atoms with Crippen molar-refractivity contribution in [2.75, 3.05) is 12.3 Å². The molecule has 0 amide bonds. The highest BCUT2D eigenvalue weighted by Crippen LogP contribution is 2.25. The fourth-order valence-corrected chi connectivity index (χ4v) is 2.95. The van der Waals surface area contributed by atoms with Crippen molar-refractivity contribution in [3.63, 3.8) is 0 Å². The maximum Gasteiger partial charge on any atom is 0.110 e. The first kappa shape index (κ1) is 12.4. The Kier molecular flexibility index (Phi) is 5.13. The Hall–Kier alpha value is -0.0600. The van der Waals surface area contributed by atoms with Gasteiger partial charge in [0.25, 0.3) is 0 Å². The summed E-state index contributed by atoms with van der Waals surface area (Å²) < 4.78 is 1.11. The van der Waals surface area contributed by atoms with Gasteiger partial charge in [-0.2, -0.15) is 0 Å². The summed E-state index contributed by atoms with van der Waals surface area (Å²) in [6.45, 7) is 1.18. The Balaban J connectivity index is 1.55. The third-order valence-corrected chi connectivity index (χ3v) is 4.54. The van der Waals surface area contributed by atoms with Gasteiger partial charge in [-0.1, -0.05) is 0 Å². The van der Waals surface area contributed by atoms with E-state index in [0.717, 1.165) is 21.3 Å². The van der Waals surface area contributed by atoms with Crippen molar-refractivity contribution in [3.05, 3.63) is 22.8 Å². The Bertz CT molecular complexity index is 329. The standard InChI is InChI=1S/C12H17BrN2S/c13-11-4-3-8-15-12(11)16-9-2-1-7-14-10-5-6-10/h3-4,8,10,14H,1-2,5-7,9H2. The fourth-order valence-electron chi connectivity index (χ4n) is 1.47. The molecule has 1 aromatic rings. The van der Waals surface area contributed by atoms with E-state index in [2.05, 4.69) is 26.2 Å². The van der Waals surface area contributed by atoms with Gasteiger partial charge in [0.2, 0.25) is 0 Å². The average Bonchev–Trinajstić information content (AvgIpc) is 3.09. The Labute approximate surface area is 110 Å². The minimum absolute atomic E-state index is 0.845. The van der Waals surface area contributed by atoms with E-state index < -0.39 is 0 Å². The van der Waals surface area contributed by atoms with E-state index in [1.807, 2.05) is 30.1 Å². The van der Waals surface area contributed by atoms with Crippen LogP contribution in [0.4, 0.5) is 0 Å². The van der Waals surface area contributed by atoms with Crippen LogP contribution in [0.1, 0.15) is 25.7 Å². The normalized spacial score (nSPS) is 15.3. The minimum Gasteiger partial charge on any atom is -0.314 e. The fraction of sp³-hybridized carbons (Fsp3) is 0.583. The van der Waals surface area contributed by atoms with E-state index >= 15 is 0 Å². The SMILES string of the molecule is Brc1cccnc1SCCCCNC1CC1. The number of hydrogen-bond donors (Lipinski definition) is 1. The Morgan fingerprint density at radius 3 is 3.06 bits per heavy atom. The molecule has 0 radical (unpaired) electrons. The minimum atomic E-state index is 0.845. The first-order valence-electron chi connectivity index (χ1n) is 5.83. The van der Waals surface area contributed by atoms with Crippen LogP contribution in [0.15, 0.2) is 27.8 Å². The summed E-state index contributed by atoms with van der Waals surface area (Å²) in [5.74, 6) is 1.15. The van der Waals surface area contributed by atoms with Gasteiger partial charge in [-0.15, -0.1) is 11.8 Å². The second-order valence-corrected chi connectivity index (χ2v) is 6.01. The van der Waals surface area contributed by atoms with Crippen molar-refractivity contribution >= 4 is 27.7 Å². The molecule has 1 aliphatic carbocycles. The maximum absolute atomic E-state index is 4.33. The number of unbranched alkanes of at least 4 members (excludes halogenated alkanes) is 1. The topological polar surface area (TPSA) is 24.9 Å². The van der Waals surface area contributed by atoms with Gasteiger partial charge in [-0.25, -0.2) is 4.98 Å². The van der Waals surface area contributed by atoms with Crippen molar-refractivity contribution < 1.29 is 0 Å². The zero-order valence-corrected chi connectivity index (χ0v) is 11.7. The molecule has 0 bridgehead atoms. The number of pyridine rings is 1. The van der Waals surface area contributed by atoms with Gasteiger partial charge in [-0.3, -0.25) is 0 Å². The molecule has 1 fully saturated rings. The van der Waals surface area contributed by atoms with Gasteiger partial charge in [0.1, 0.15) is 5.03 Å². The summed E-state index contributed by atoms with van der Waals surface area (Å²) in [5.41, 5.74) is 0. The Morgan fingerprint density at radius 2 is 2.31 bits per heavy atom. The molecule has 2 nitrogen and oxygen atoms in total. The van der Waals surface area contributed by atoms with Gasteiger partial charge >= 0.3 is 0 Å². The van der Waals surface area contributed by atoms with Crippen molar-refractivity contribution in [2.45, 2.75) is 36.8 Å². The molecule has 88 valence electrons. The summed E-state index contributed by atoms with van der Waals surface area (Å²) in [5, 5.41) is 4.64. The smallest absolute Gasteiger partial charge is 0.110 e. The molecule has 0 unspecified atom stereocenters. The molecule has 1 N–H and O–H groups in total. The van der Waals surface area contributed by atoms with Crippen LogP contribution >= 0.6 is 27.7 Å². The lowest BCUT2D eigenvalue weighted by molar-refractivity contribution is 0.640. The first-order chi connectivity index (χ1) is 7.86. The van der Waals surface area contributed by atoms with E-state index in [1.165, 1.54) is 32.2 Å². The van der Waals surface area contributed by atoms with Crippen LogP contribution in [0, 0.1) is 0 Å².